The third-order valence-electron chi connectivity index (χ3n) is 3.47. The largest absolute Gasteiger partial charge is 0.387 e. The van der Waals surface area contributed by atoms with Crippen LogP contribution in [0.3, 0.4) is 0 Å². The van der Waals surface area contributed by atoms with E-state index < -0.39 is 17.6 Å². The highest BCUT2D eigenvalue weighted by atomic mass is 79.9. The molecule has 1 aliphatic rings. The van der Waals surface area contributed by atoms with Crippen molar-refractivity contribution >= 4 is 21.8 Å². The number of carbonyl (C=O) groups is 1. The molecule has 0 bridgehead atoms. The molecule has 1 aliphatic heterocycles. The van der Waals surface area contributed by atoms with E-state index in [1.54, 1.807) is 6.07 Å². The molecule has 0 unspecified atom stereocenters. The molecule has 4 nitrogen and oxygen atoms in total. The lowest BCUT2D eigenvalue weighted by Gasteiger charge is -2.33. The molecule has 20 heavy (non-hydrogen) atoms. The molecule has 6 heteroatoms. The second-order valence-electron chi connectivity index (χ2n) is 5.60. The van der Waals surface area contributed by atoms with Crippen molar-refractivity contribution in [1.82, 2.24) is 4.90 Å². The summed E-state index contributed by atoms with van der Waals surface area (Å²) in [6.07, 6.45) is -0.886. The number of fused-ring (bicyclic) bond motifs is 1. The van der Waals surface area contributed by atoms with Crippen molar-refractivity contribution in [3.05, 3.63) is 33.5 Å². The van der Waals surface area contributed by atoms with E-state index >= 15 is 0 Å². The lowest BCUT2D eigenvalue weighted by atomic mass is 9.96. The van der Waals surface area contributed by atoms with Gasteiger partial charge in [-0.15, -0.1) is 0 Å². The number of hydrogen-bond acceptors (Lipinski definition) is 3. The van der Waals surface area contributed by atoms with E-state index in [2.05, 4.69) is 15.9 Å². The second kappa shape index (κ2) is 5.42. The van der Waals surface area contributed by atoms with Gasteiger partial charge >= 0.3 is 0 Å². The monoisotopic (exact) mass is 345 g/mol. The molecule has 0 aromatic heterocycles. The Kier molecular flexibility index (Phi) is 4.18. The predicted molar refractivity (Wildman–Crippen MR) is 75.5 cm³/mol. The molecule has 0 spiro atoms. The van der Waals surface area contributed by atoms with Crippen LogP contribution in [-0.4, -0.2) is 39.3 Å². The molecule has 1 heterocycles. The number of aliphatic hydroxyl groups excluding tert-OH is 1. The SMILES string of the molecule is CC(C)(O)[C@H](O)C(=O)N1CCc2cc(Br)c(F)cc2C1. The highest BCUT2D eigenvalue weighted by molar-refractivity contribution is 9.10. The molecule has 1 aromatic carbocycles. The van der Waals surface area contributed by atoms with E-state index in [0.717, 1.165) is 11.1 Å². The van der Waals surface area contributed by atoms with Gasteiger partial charge in [0.25, 0.3) is 5.91 Å². The first-order valence-electron chi connectivity index (χ1n) is 6.36. The number of rotatable bonds is 2. The van der Waals surface area contributed by atoms with Crippen LogP contribution < -0.4 is 0 Å². The zero-order valence-corrected chi connectivity index (χ0v) is 12.9. The fourth-order valence-electron chi connectivity index (χ4n) is 2.21. The first-order chi connectivity index (χ1) is 9.20. The van der Waals surface area contributed by atoms with Crippen molar-refractivity contribution in [3.8, 4) is 0 Å². The van der Waals surface area contributed by atoms with Crippen LogP contribution in [0.25, 0.3) is 0 Å². The van der Waals surface area contributed by atoms with E-state index in [4.69, 9.17) is 0 Å². The highest BCUT2D eigenvalue weighted by Gasteiger charge is 2.35. The van der Waals surface area contributed by atoms with E-state index in [1.807, 2.05) is 0 Å². The molecule has 1 atom stereocenters. The maximum Gasteiger partial charge on any atom is 0.254 e. The third kappa shape index (κ3) is 3.02. The number of carbonyl (C=O) groups excluding carboxylic acids is 1. The summed E-state index contributed by atoms with van der Waals surface area (Å²) < 4.78 is 14.0. The number of amides is 1. The Morgan fingerprint density at radius 3 is 2.70 bits per heavy atom. The molecule has 0 aliphatic carbocycles. The Morgan fingerprint density at radius 1 is 1.45 bits per heavy atom. The molecular formula is C14H17BrFNO3. The van der Waals surface area contributed by atoms with Crippen LogP contribution in [0.2, 0.25) is 0 Å². The summed E-state index contributed by atoms with van der Waals surface area (Å²) in [5.74, 6) is -0.910. The normalized spacial score (nSPS) is 16.8. The molecule has 0 fully saturated rings. The summed E-state index contributed by atoms with van der Waals surface area (Å²) in [4.78, 5) is 13.6. The van der Waals surface area contributed by atoms with Crippen LogP contribution in [0.5, 0.6) is 0 Å². The summed E-state index contributed by atoms with van der Waals surface area (Å²) in [6.45, 7) is 3.44. The van der Waals surface area contributed by atoms with Gasteiger partial charge in [0.2, 0.25) is 0 Å². The van der Waals surface area contributed by atoms with Gasteiger partial charge in [0.1, 0.15) is 5.82 Å². The summed E-state index contributed by atoms with van der Waals surface area (Å²) in [7, 11) is 0. The Labute approximate surface area is 125 Å². The van der Waals surface area contributed by atoms with Crippen molar-refractivity contribution in [2.24, 2.45) is 0 Å². The minimum Gasteiger partial charge on any atom is -0.387 e. The number of nitrogens with zero attached hydrogens (tertiary/aromatic N) is 1. The van der Waals surface area contributed by atoms with Crippen LogP contribution >= 0.6 is 15.9 Å². The van der Waals surface area contributed by atoms with Crippen LogP contribution in [-0.2, 0) is 17.8 Å². The molecule has 0 saturated heterocycles. The van der Waals surface area contributed by atoms with Crippen molar-refractivity contribution in [3.63, 3.8) is 0 Å². The molecule has 110 valence electrons. The number of hydrogen-bond donors (Lipinski definition) is 2. The molecule has 1 aromatic rings. The lowest BCUT2D eigenvalue weighted by molar-refractivity contribution is -0.153. The number of halogens is 2. The van der Waals surface area contributed by atoms with Gasteiger partial charge in [0.15, 0.2) is 6.10 Å². The van der Waals surface area contributed by atoms with Gasteiger partial charge < -0.3 is 15.1 Å². The maximum absolute atomic E-state index is 13.5. The van der Waals surface area contributed by atoms with Gasteiger partial charge in [-0.2, -0.15) is 0 Å². The zero-order chi connectivity index (χ0) is 15.1. The van der Waals surface area contributed by atoms with Crippen molar-refractivity contribution in [1.29, 1.82) is 0 Å². The molecule has 0 radical (unpaired) electrons. The van der Waals surface area contributed by atoms with E-state index in [-0.39, 0.29) is 12.4 Å². The molecule has 2 N–H and O–H groups in total. The van der Waals surface area contributed by atoms with Gasteiger partial charge in [-0.05, 0) is 59.5 Å². The van der Waals surface area contributed by atoms with Gasteiger partial charge in [0.05, 0.1) is 10.1 Å². The quantitative estimate of drug-likeness (QED) is 0.855. The number of benzene rings is 1. The third-order valence-corrected chi connectivity index (χ3v) is 4.08. The second-order valence-corrected chi connectivity index (χ2v) is 6.46. The summed E-state index contributed by atoms with van der Waals surface area (Å²) in [6, 6.07) is 3.12. The standard InChI is InChI=1S/C14H17BrFNO3/c1-14(2,20)12(18)13(19)17-4-3-8-5-10(15)11(16)6-9(8)7-17/h5-6,12,18,20H,3-4,7H2,1-2H3/t12-/m1/s1. The Bertz CT molecular complexity index is 542. The molecule has 0 saturated carbocycles. The molecule has 1 amide bonds. The van der Waals surface area contributed by atoms with E-state index in [9.17, 15) is 19.4 Å². The minimum atomic E-state index is -1.50. The molecule has 2 rings (SSSR count). The Balaban J connectivity index is 2.19. The Morgan fingerprint density at radius 2 is 2.10 bits per heavy atom. The summed E-state index contributed by atoms with van der Waals surface area (Å²) in [5.41, 5.74) is 0.218. The predicted octanol–water partition coefficient (Wildman–Crippen LogP) is 1.60. The fraction of sp³-hybridized carbons (Fsp3) is 0.500. The van der Waals surface area contributed by atoms with E-state index in [1.165, 1.54) is 24.8 Å². The Hall–Kier alpha value is -0.980. The first-order valence-corrected chi connectivity index (χ1v) is 7.15. The first kappa shape index (κ1) is 15.4. The lowest BCUT2D eigenvalue weighted by Crippen LogP contribution is -2.50. The van der Waals surface area contributed by atoms with Crippen molar-refractivity contribution in [2.45, 2.75) is 38.5 Å². The average molecular weight is 346 g/mol. The van der Waals surface area contributed by atoms with Crippen LogP contribution in [0.15, 0.2) is 16.6 Å². The van der Waals surface area contributed by atoms with Gasteiger partial charge in [-0.3, -0.25) is 4.79 Å². The highest BCUT2D eigenvalue weighted by Crippen LogP contribution is 2.26. The zero-order valence-electron chi connectivity index (χ0n) is 11.4. The minimum absolute atomic E-state index is 0.242. The average Bonchev–Trinajstić information content (AvgIpc) is 2.37. The van der Waals surface area contributed by atoms with Crippen molar-refractivity contribution < 1.29 is 19.4 Å². The van der Waals surface area contributed by atoms with Gasteiger partial charge in [0, 0.05) is 13.1 Å². The smallest absolute Gasteiger partial charge is 0.254 e. The van der Waals surface area contributed by atoms with E-state index in [0.29, 0.717) is 17.4 Å². The maximum atomic E-state index is 13.5. The van der Waals surface area contributed by atoms with Crippen LogP contribution in [0.4, 0.5) is 4.39 Å². The van der Waals surface area contributed by atoms with Crippen LogP contribution in [0, 0.1) is 5.82 Å². The van der Waals surface area contributed by atoms with Crippen LogP contribution in [0.1, 0.15) is 25.0 Å². The van der Waals surface area contributed by atoms with Gasteiger partial charge in [-0.1, -0.05) is 0 Å². The van der Waals surface area contributed by atoms with Gasteiger partial charge in [-0.25, -0.2) is 4.39 Å². The summed E-state index contributed by atoms with van der Waals surface area (Å²) in [5, 5.41) is 19.5. The molecular weight excluding hydrogens is 329 g/mol. The van der Waals surface area contributed by atoms with Crippen molar-refractivity contribution in [2.75, 3.05) is 6.54 Å². The topological polar surface area (TPSA) is 60.8 Å². The fourth-order valence-corrected chi connectivity index (χ4v) is 2.60. The summed E-state index contributed by atoms with van der Waals surface area (Å²) >= 11 is 3.14. The number of aliphatic hydroxyl groups is 2.